The molecule has 10 heavy (non-hydrogen) atoms. The molecule has 0 spiro atoms. The second kappa shape index (κ2) is 57.7. The van der Waals surface area contributed by atoms with Crippen molar-refractivity contribution in [2.45, 2.75) is 0 Å². The molecule has 0 fully saturated rings. The summed E-state index contributed by atoms with van der Waals surface area (Å²) in [5.41, 5.74) is 0. The Bertz CT molecular complexity index is 32.2. The van der Waals surface area contributed by atoms with E-state index >= 15 is 0 Å². The van der Waals surface area contributed by atoms with Gasteiger partial charge in [0.15, 0.2) is 0 Å². The van der Waals surface area contributed by atoms with E-state index in [-0.39, 0.29) is 69.1 Å². The van der Waals surface area contributed by atoms with Gasteiger partial charge in [0, 0.05) is 41.7 Å². The molecule has 0 aliphatic carbocycles. The predicted molar refractivity (Wildman–Crippen MR) is 28.4 cm³/mol. The maximum Gasteiger partial charge on any atom is 0.0689 e. The summed E-state index contributed by atoms with van der Waals surface area (Å²) >= 11 is 0. The molecule has 0 aromatic rings. The summed E-state index contributed by atoms with van der Waals surface area (Å²) in [6.45, 7) is 0. The zero-order valence-electron chi connectivity index (χ0n) is 4.67. The first-order valence-corrected chi connectivity index (χ1v) is 0.548. The van der Waals surface area contributed by atoms with Gasteiger partial charge in [-0.15, -0.1) is 0 Å². The van der Waals surface area contributed by atoms with E-state index in [4.69, 9.17) is 15.3 Å². The smallest absolute Gasteiger partial charge is 0.0689 e. The molecule has 68 valence electrons. The molecule has 0 saturated heterocycles. The van der Waals surface area contributed by atoms with Gasteiger partial charge in [-0.05, 0) is 0 Å². The van der Waals surface area contributed by atoms with Crippen molar-refractivity contribution in [2.24, 2.45) is 0 Å². The van der Waals surface area contributed by atoms with Gasteiger partial charge in [-0.2, -0.15) is 0 Å². The number of hydrogen-bond acceptors (Lipinski definition) is 3. The minimum atomic E-state index is -1.75. The molecule has 0 saturated carbocycles. The molecule has 9 nitrogen and oxygen atoms in total. The molecule has 0 aromatic heterocycles. The number of nitrogens with zero attached hydrogens (tertiary/aromatic N) is 1. The average Bonchev–Trinajstić information content (AvgIpc) is 0.811. The van der Waals surface area contributed by atoms with Crippen molar-refractivity contribution in [1.29, 1.82) is 0 Å². The molecule has 0 aliphatic heterocycles. The van der Waals surface area contributed by atoms with E-state index in [1.165, 1.54) is 0 Å². The van der Waals surface area contributed by atoms with Gasteiger partial charge in [0.1, 0.15) is 0 Å². The first-order valence-electron chi connectivity index (χ1n) is 0.548. The summed E-state index contributed by atoms with van der Waals surface area (Å²) in [6.07, 6.45) is 0. The van der Waals surface area contributed by atoms with Gasteiger partial charge in [0.05, 0.1) is 5.09 Å². The molecule has 0 unspecified atom stereocenters. The molecular formula is H10CeNO8-. The van der Waals surface area contributed by atoms with Crippen LogP contribution in [-0.4, -0.2) is 32.5 Å². The first kappa shape index (κ1) is 80.0. The van der Waals surface area contributed by atoms with Gasteiger partial charge in [-0.1, -0.05) is 0 Å². The second-order valence-corrected chi connectivity index (χ2v) is 0.224. The Balaban J connectivity index is -0.00000000300. The molecule has 10 heteroatoms. The molecule has 0 rings (SSSR count). The average molecular weight is 292 g/mol. The van der Waals surface area contributed by atoms with Gasteiger partial charge >= 0.3 is 0 Å². The molecule has 0 heterocycles. The van der Waals surface area contributed by atoms with E-state index in [1.54, 1.807) is 0 Å². The van der Waals surface area contributed by atoms with Crippen molar-refractivity contribution < 1.29 is 74.2 Å². The number of hydrogen-bond donors (Lipinski definition) is 0. The minimum Gasteiger partial charge on any atom is -0.412 e. The third-order valence-corrected chi connectivity index (χ3v) is 0. The third-order valence-electron chi connectivity index (χ3n) is 0. The quantitative estimate of drug-likeness (QED) is 0.318. The van der Waals surface area contributed by atoms with E-state index in [0.29, 0.717) is 0 Å². The first-order chi connectivity index (χ1) is 1.73. The van der Waals surface area contributed by atoms with Gasteiger partial charge < -0.3 is 42.7 Å². The SMILES string of the molecule is O.O.O.O.O.O=[N+]([O-])[O-].[Ce]. The fourth-order valence-corrected chi connectivity index (χ4v) is 0. The molecule has 0 radical (unpaired) electrons. The van der Waals surface area contributed by atoms with Crippen molar-refractivity contribution in [1.82, 2.24) is 0 Å². The minimum absolute atomic E-state index is 0. The third kappa shape index (κ3) is 3210. The van der Waals surface area contributed by atoms with Crippen molar-refractivity contribution in [3.8, 4) is 0 Å². The van der Waals surface area contributed by atoms with Crippen LogP contribution in [0, 0.1) is 57.1 Å². The summed E-state index contributed by atoms with van der Waals surface area (Å²) in [4.78, 5) is 8.25. The van der Waals surface area contributed by atoms with Gasteiger partial charge in [-0.3, -0.25) is 0 Å². The van der Waals surface area contributed by atoms with Crippen molar-refractivity contribution in [3.05, 3.63) is 15.3 Å². The van der Waals surface area contributed by atoms with Crippen LogP contribution in [0.2, 0.25) is 0 Å². The van der Waals surface area contributed by atoms with Crippen molar-refractivity contribution in [2.75, 3.05) is 0 Å². The van der Waals surface area contributed by atoms with Gasteiger partial charge in [0.2, 0.25) is 0 Å². The van der Waals surface area contributed by atoms with Crippen LogP contribution >= 0.6 is 0 Å². The van der Waals surface area contributed by atoms with Crippen LogP contribution in [0.15, 0.2) is 0 Å². The predicted octanol–water partition coefficient (Wildman–Crippen LogP) is -4.36. The largest absolute Gasteiger partial charge is 0.412 e. The Morgan fingerprint density at radius 2 is 0.800 bits per heavy atom. The van der Waals surface area contributed by atoms with E-state index in [9.17, 15) is 0 Å². The Labute approximate surface area is 89.1 Å². The van der Waals surface area contributed by atoms with Crippen LogP contribution < -0.4 is 0 Å². The Hall–Kier alpha value is 0.377. The molecule has 0 atom stereocenters. The normalized spacial score (nSPS) is 2.40. The molecule has 10 N–H and O–H groups in total. The van der Waals surface area contributed by atoms with E-state index in [1.807, 2.05) is 0 Å². The van der Waals surface area contributed by atoms with E-state index in [0.717, 1.165) is 0 Å². The summed E-state index contributed by atoms with van der Waals surface area (Å²) in [5, 5.41) is 14.8. The second-order valence-electron chi connectivity index (χ2n) is 0.224. The fourth-order valence-electron chi connectivity index (χ4n) is 0. The molecule has 0 aromatic carbocycles. The van der Waals surface area contributed by atoms with Crippen LogP contribution in [0.1, 0.15) is 0 Å². The summed E-state index contributed by atoms with van der Waals surface area (Å²) in [7, 11) is 0. The Morgan fingerprint density at radius 3 is 0.800 bits per heavy atom. The zero-order valence-corrected chi connectivity index (χ0v) is 7.81. The number of rotatable bonds is 0. The van der Waals surface area contributed by atoms with Gasteiger partial charge in [0.25, 0.3) is 0 Å². The topological polar surface area (TPSA) is 224 Å². The molecule has 0 amide bonds. The Kier molecular flexibility index (Phi) is 462. The fraction of sp³-hybridized carbons (Fsp3) is 0. The van der Waals surface area contributed by atoms with Crippen LogP contribution in [0.5, 0.6) is 0 Å². The van der Waals surface area contributed by atoms with Crippen LogP contribution in [0.3, 0.4) is 0 Å². The van der Waals surface area contributed by atoms with Gasteiger partial charge in [-0.25, -0.2) is 0 Å². The van der Waals surface area contributed by atoms with Crippen molar-refractivity contribution in [3.63, 3.8) is 0 Å². The van der Waals surface area contributed by atoms with E-state index in [2.05, 4.69) is 0 Å². The Morgan fingerprint density at radius 1 is 0.800 bits per heavy atom. The van der Waals surface area contributed by atoms with Crippen LogP contribution in [-0.2, 0) is 0 Å². The molecule has 0 bridgehead atoms. The standard InChI is InChI=1S/Ce.NO3.5H2O/c;2-1(3)4;;;;;/h;;5*1H2/q;-1;;;;;. The zero-order chi connectivity index (χ0) is 3.58. The molecule has 0 aliphatic rings. The van der Waals surface area contributed by atoms with E-state index < -0.39 is 5.09 Å². The van der Waals surface area contributed by atoms with Crippen LogP contribution in [0.4, 0.5) is 0 Å². The van der Waals surface area contributed by atoms with Crippen LogP contribution in [0.25, 0.3) is 0 Å². The molecular weight excluding hydrogens is 282 g/mol. The monoisotopic (exact) mass is 292 g/mol. The summed E-state index contributed by atoms with van der Waals surface area (Å²) in [5.74, 6) is 0. The summed E-state index contributed by atoms with van der Waals surface area (Å²) < 4.78 is 0. The summed E-state index contributed by atoms with van der Waals surface area (Å²) in [6, 6.07) is 0. The van der Waals surface area contributed by atoms with Crippen molar-refractivity contribution >= 4 is 0 Å². The maximum absolute atomic E-state index is 8.25. The maximum atomic E-state index is 8.25.